The van der Waals surface area contributed by atoms with Crippen LogP contribution < -0.4 is 0 Å². The molecule has 1 N–H and O–H groups in total. The number of ether oxygens (including phenoxy) is 1. The van der Waals surface area contributed by atoms with Gasteiger partial charge in [-0.2, -0.15) is 0 Å². The lowest BCUT2D eigenvalue weighted by Crippen LogP contribution is -2.50. The van der Waals surface area contributed by atoms with Crippen LogP contribution in [0.3, 0.4) is 0 Å². The monoisotopic (exact) mass is 330 g/mol. The molecule has 5 aliphatic rings. The van der Waals surface area contributed by atoms with Crippen LogP contribution in [-0.2, 0) is 9.53 Å². The summed E-state index contributed by atoms with van der Waals surface area (Å²) in [5.74, 6) is 2.30. The van der Waals surface area contributed by atoms with E-state index in [1.165, 1.54) is 18.4 Å². The number of Topliss-reactive ketones (excluding diaryl/α,β-unsaturated/α-hetero) is 1. The molecule has 132 valence electrons. The Kier molecular flexibility index (Phi) is 2.94. The van der Waals surface area contributed by atoms with Gasteiger partial charge >= 0.3 is 0 Å². The second-order valence-electron chi connectivity index (χ2n) is 9.85. The first-order chi connectivity index (χ1) is 11.3. The van der Waals surface area contributed by atoms with Crippen LogP contribution in [0.4, 0.5) is 0 Å². The van der Waals surface area contributed by atoms with Crippen LogP contribution >= 0.6 is 0 Å². The van der Waals surface area contributed by atoms with Crippen molar-refractivity contribution < 1.29 is 14.6 Å². The van der Waals surface area contributed by atoms with Crippen molar-refractivity contribution in [3.8, 4) is 0 Å². The van der Waals surface area contributed by atoms with Crippen LogP contribution in [-0.4, -0.2) is 28.7 Å². The molecule has 3 heteroatoms. The van der Waals surface area contributed by atoms with Crippen LogP contribution in [0.5, 0.6) is 0 Å². The fourth-order valence-corrected chi connectivity index (χ4v) is 7.44. The van der Waals surface area contributed by atoms with E-state index in [2.05, 4.69) is 19.9 Å². The number of hydrogen-bond acceptors (Lipinski definition) is 3. The van der Waals surface area contributed by atoms with Crippen molar-refractivity contribution >= 4 is 5.78 Å². The molecule has 1 heterocycles. The number of carbonyl (C=O) groups is 1. The molecule has 0 aromatic heterocycles. The normalized spacial score (nSPS) is 58.0. The zero-order valence-corrected chi connectivity index (χ0v) is 15.2. The summed E-state index contributed by atoms with van der Waals surface area (Å²) >= 11 is 0. The predicted octanol–water partition coefficient (Wildman–Crippen LogP) is 3.65. The minimum Gasteiger partial charge on any atom is -0.393 e. The summed E-state index contributed by atoms with van der Waals surface area (Å²) in [4.78, 5) is 12.2. The third-order valence-corrected chi connectivity index (χ3v) is 8.93. The Morgan fingerprint density at radius 2 is 2.04 bits per heavy atom. The van der Waals surface area contributed by atoms with Gasteiger partial charge in [0.15, 0.2) is 11.4 Å². The van der Waals surface area contributed by atoms with Gasteiger partial charge < -0.3 is 9.84 Å². The molecule has 8 unspecified atom stereocenters. The molecule has 1 saturated heterocycles. The molecular formula is C21H30O3. The predicted molar refractivity (Wildman–Crippen MR) is 91.4 cm³/mol. The first kappa shape index (κ1) is 15.6. The highest BCUT2D eigenvalue weighted by Crippen LogP contribution is 2.72. The molecule has 0 spiro atoms. The number of aliphatic hydroxyl groups is 1. The highest BCUT2D eigenvalue weighted by atomic mass is 16.6. The van der Waals surface area contributed by atoms with Gasteiger partial charge in [0.2, 0.25) is 0 Å². The standard InChI is InChI=1S/C21H30O3/c1-12(22)21-11-17-15-5-4-13-10-14(23)6-8-19(13,2)16(15)7-9-20(17,3)18(21)24-21/h4,14-18,23H,5-11H2,1-3H3. The van der Waals surface area contributed by atoms with E-state index in [-0.39, 0.29) is 28.8 Å². The Morgan fingerprint density at radius 3 is 2.79 bits per heavy atom. The molecule has 24 heavy (non-hydrogen) atoms. The van der Waals surface area contributed by atoms with Gasteiger partial charge in [-0.15, -0.1) is 0 Å². The number of hydrogen-bond donors (Lipinski definition) is 1. The number of carbonyl (C=O) groups excluding carboxylic acids is 1. The van der Waals surface area contributed by atoms with Crippen LogP contribution in [0.2, 0.25) is 0 Å². The van der Waals surface area contributed by atoms with Gasteiger partial charge in [-0.1, -0.05) is 25.5 Å². The minimum atomic E-state index is -0.429. The molecule has 4 aliphatic carbocycles. The average molecular weight is 330 g/mol. The maximum atomic E-state index is 12.2. The Bertz CT molecular complexity index is 639. The maximum Gasteiger partial charge on any atom is 0.164 e. The number of aliphatic hydroxyl groups excluding tert-OH is 1. The third-order valence-electron chi connectivity index (χ3n) is 8.93. The summed E-state index contributed by atoms with van der Waals surface area (Å²) in [5, 5.41) is 10.1. The minimum absolute atomic E-state index is 0.136. The van der Waals surface area contributed by atoms with Crippen molar-refractivity contribution in [3.63, 3.8) is 0 Å². The van der Waals surface area contributed by atoms with Crippen molar-refractivity contribution in [2.24, 2.45) is 28.6 Å². The number of fused-ring (bicyclic) bond motifs is 7. The topological polar surface area (TPSA) is 49.8 Å². The van der Waals surface area contributed by atoms with Crippen molar-refractivity contribution in [3.05, 3.63) is 11.6 Å². The first-order valence-corrected chi connectivity index (χ1v) is 9.88. The van der Waals surface area contributed by atoms with E-state index in [0.29, 0.717) is 11.8 Å². The molecule has 5 rings (SSSR count). The molecule has 0 amide bonds. The van der Waals surface area contributed by atoms with Crippen molar-refractivity contribution in [2.45, 2.75) is 83.5 Å². The van der Waals surface area contributed by atoms with Crippen LogP contribution in [0.15, 0.2) is 11.6 Å². The van der Waals surface area contributed by atoms with E-state index in [1.54, 1.807) is 6.92 Å². The van der Waals surface area contributed by atoms with Gasteiger partial charge in [-0.05, 0) is 75.0 Å². The lowest BCUT2D eigenvalue weighted by atomic mass is 9.48. The van der Waals surface area contributed by atoms with Crippen LogP contribution in [0.25, 0.3) is 0 Å². The zero-order valence-electron chi connectivity index (χ0n) is 15.2. The lowest BCUT2D eigenvalue weighted by molar-refractivity contribution is -0.123. The van der Waals surface area contributed by atoms with E-state index in [0.717, 1.165) is 38.0 Å². The quantitative estimate of drug-likeness (QED) is 0.590. The molecule has 0 radical (unpaired) electrons. The molecule has 3 nitrogen and oxygen atoms in total. The molecule has 0 bridgehead atoms. The van der Waals surface area contributed by atoms with E-state index >= 15 is 0 Å². The van der Waals surface area contributed by atoms with E-state index < -0.39 is 5.60 Å². The van der Waals surface area contributed by atoms with Gasteiger partial charge in [0.1, 0.15) is 6.10 Å². The SMILES string of the molecule is CC(=O)C12CC3C4CC=C5CC(O)CCC5(C)C4CCC3(C)C1O2. The summed E-state index contributed by atoms with van der Waals surface area (Å²) in [7, 11) is 0. The first-order valence-electron chi connectivity index (χ1n) is 9.88. The molecule has 3 saturated carbocycles. The molecule has 0 aromatic carbocycles. The number of epoxide rings is 1. The Morgan fingerprint density at radius 1 is 1.25 bits per heavy atom. The van der Waals surface area contributed by atoms with Crippen molar-refractivity contribution in [1.82, 2.24) is 0 Å². The summed E-state index contributed by atoms with van der Waals surface area (Å²) in [6, 6.07) is 0. The number of ketones is 1. The summed E-state index contributed by atoms with van der Waals surface area (Å²) in [5.41, 5.74) is 1.57. The second kappa shape index (κ2) is 4.54. The summed E-state index contributed by atoms with van der Waals surface area (Å²) in [6.07, 6.45) is 10.0. The maximum absolute atomic E-state index is 12.2. The number of rotatable bonds is 1. The smallest absolute Gasteiger partial charge is 0.164 e. The summed E-state index contributed by atoms with van der Waals surface area (Å²) < 4.78 is 6.00. The van der Waals surface area contributed by atoms with Crippen molar-refractivity contribution in [1.29, 1.82) is 0 Å². The van der Waals surface area contributed by atoms with Gasteiger partial charge in [0, 0.05) is 5.41 Å². The van der Waals surface area contributed by atoms with Gasteiger partial charge in [-0.3, -0.25) is 4.79 Å². The van der Waals surface area contributed by atoms with E-state index in [4.69, 9.17) is 4.74 Å². The highest BCUT2D eigenvalue weighted by molar-refractivity contribution is 5.89. The van der Waals surface area contributed by atoms with Crippen LogP contribution in [0, 0.1) is 28.6 Å². The second-order valence-corrected chi connectivity index (χ2v) is 9.85. The van der Waals surface area contributed by atoms with Gasteiger partial charge in [0.05, 0.1) is 6.10 Å². The van der Waals surface area contributed by atoms with E-state index in [9.17, 15) is 9.90 Å². The fourth-order valence-electron chi connectivity index (χ4n) is 7.44. The lowest BCUT2D eigenvalue weighted by Gasteiger charge is -2.57. The van der Waals surface area contributed by atoms with Gasteiger partial charge in [-0.25, -0.2) is 0 Å². The van der Waals surface area contributed by atoms with Crippen molar-refractivity contribution in [2.75, 3.05) is 0 Å². The Labute approximate surface area is 144 Å². The largest absolute Gasteiger partial charge is 0.393 e. The summed E-state index contributed by atoms with van der Waals surface area (Å²) in [6.45, 7) is 6.57. The average Bonchev–Trinajstić information content (AvgIpc) is 3.22. The number of allylic oxidation sites excluding steroid dienone is 1. The highest BCUT2D eigenvalue weighted by Gasteiger charge is 2.77. The molecule has 8 atom stereocenters. The molecular weight excluding hydrogens is 300 g/mol. The third kappa shape index (κ3) is 1.69. The zero-order chi connectivity index (χ0) is 16.9. The Balaban J connectivity index is 1.50. The van der Waals surface area contributed by atoms with Crippen LogP contribution in [0.1, 0.15) is 65.7 Å². The molecule has 1 aliphatic heterocycles. The van der Waals surface area contributed by atoms with Gasteiger partial charge in [0.25, 0.3) is 0 Å². The molecule has 0 aromatic rings. The van der Waals surface area contributed by atoms with E-state index in [1.807, 2.05) is 0 Å². The Hall–Kier alpha value is -0.670. The fraction of sp³-hybridized carbons (Fsp3) is 0.857. The molecule has 4 fully saturated rings.